The molecule has 150 valence electrons. The van der Waals surface area contributed by atoms with Crippen molar-refractivity contribution in [3.05, 3.63) is 34.2 Å². The van der Waals surface area contributed by atoms with Crippen LogP contribution in [-0.4, -0.2) is 37.0 Å². The van der Waals surface area contributed by atoms with Gasteiger partial charge < -0.3 is 15.4 Å². The fraction of sp³-hybridized carbons (Fsp3) is 0.450. The van der Waals surface area contributed by atoms with E-state index in [1.807, 2.05) is 24.3 Å². The number of rotatable bonds is 6. The molecule has 0 bridgehead atoms. The minimum Gasteiger partial charge on any atom is -0.454 e. The Kier molecular flexibility index (Phi) is 6.91. The van der Waals surface area contributed by atoms with Crippen molar-refractivity contribution in [2.24, 2.45) is 5.92 Å². The van der Waals surface area contributed by atoms with Gasteiger partial charge in [-0.25, -0.2) is 0 Å². The Labute approximate surface area is 172 Å². The van der Waals surface area contributed by atoms with E-state index >= 15 is 0 Å². The highest BCUT2D eigenvalue weighted by atomic mass is 35.5. The van der Waals surface area contributed by atoms with Gasteiger partial charge in [0.1, 0.15) is 11.4 Å². The minimum absolute atomic E-state index is 0.150. The largest absolute Gasteiger partial charge is 0.454 e. The van der Waals surface area contributed by atoms with Crippen LogP contribution in [0.4, 0.5) is 0 Å². The number of ether oxygens (including phenoxy) is 1. The molecule has 1 aromatic carbocycles. The molecule has 0 radical (unpaired) electrons. The predicted molar refractivity (Wildman–Crippen MR) is 110 cm³/mol. The second-order valence-electron chi connectivity index (χ2n) is 7.11. The molecule has 2 amide bonds. The van der Waals surface area contributed by atoms with E-state index in [9.17, 15) is 14.4 Å². The number of carbonyl (C=O) groups is 3. The van der Waals surface area contributed by atoms with Crippen LogP contribution in [0.2, 0.25) is 5.02 Å². The fourth-order valence-corrected chi connectivity index (χ4v) is 4.70. The molecule has 1 aliphatic rings. The lowest BCUT2D eigenvalue weighted by molar-refractivity contribution is -0.147. The van der Waals surface area contributed by atoms with E-state index < -0.39 is 11.9 Å². The van der Waals surface area contributed by atoms with Crippen LogP contribution in [0.25, 0.3) is 10.1 Å². The van der Waals surface area contributed by atoms with Crippen molar-refractivity contribution < 1.29 is 19.1 Å². The maximum Gasteiger partial charge on any atom is 0.325 e. The van der Waals surface area contributed by atoms with Crippen LogP contribution in [0.5, 0.6) is 0 Å². The number of esters is 1. The van der Waals surface area contributed by atoms with E-state index in [2.05, 4.69) is 17.6 Å². The highest BCUT2D eigenvalue weighted by Gasteiger charge is 2.21. The number of halogens is 1. The molecule has 6 nitrogen and oxygen atoms in total. The summed E-state index contributed by atoms with van der Waals surface area (Å²) in [5, 5.41) is 6.55. The first-order valence-electron chi connectivity index (χ1n) is 9.34. The molecule has 2 N–H and O–H groups in total. The van der Waals surface area contributed by atoms with Gasteiger partial charge in [-0.05, 0) is 37.7 Å². The molecule has 1 saturated carbocycles. The standard InChI is InChI=1S/C20H23ClN2O4S/c1-12-6-8-13(9-7-12)23-16(24)11-27-17(25)10-22-20(26)19-18(21)14-4-2-3-5-15(14)28-19/h2-5,12-13H,6-11H2,1H3,(H,22,26)(H,23,24). The molecule has 3 rings (SSSR count). The molecular formula is C20H23ClN2O4S. The summed E-state index contributed by atoms with van der Waals surface area (Å²) in [6.07, 6.45) is 4.09. The van der Waals surface area contributed by atoms with Gasteiger partial charge in [-0.3, -0.25) is 14.4 Å². The first-order valence-corrected chi connectivity index (χ1v) is 10.5. The van der Waals surface area contributed by atoms with Crippen molar-refractivity contribution in [3.8, 4) is 0 Å². The highest BCUT2D eigenvalue weighted by molar-refractivity contribution is 7.21. The molecule has 1 aromatic heterocycles. The number of hydrogen-bond acceptors (Lipinski definition) is 5. The SMILES string of the molecule is CC1CCC(NC(=O)COC(=O)CNC(=O)c2sc3ccccc3c2Cl)CC1. The normalized spacial score (nSPS) is 19.2. The second-order valence-corrected chi connectivity index (χ2v) is 8.54. The van der Waals surface area contributed by atoms with Gasteiger partial charge in [-0.1, -0.05) is 36.7 Å². The molecular weight excluding hydrogens is 400 g/mol. The predicted octanol–water partition coefficient (Wildman–Crippen LogP) is 3.52. The topological polar surface area (TPSA) is 84.5 Å². The van der Waals surface area contributed by atoms with E-state index in [-0.39, 0.29) is 25.1 Å². The summed E-state index contributed by atoms with van der Waals surface area (Å²) in [6.45, 7) is 1.54. The Morgan fingerprint density at radius 1 is 1.18 bits per heavy atom. The zero-order valence-electron chi connectivity index (χ0n) is 15.6. The third-order valence-electron chi connectivity index (χ3n) is 4.88. The zero-order valence-corrected chi connectivity index (χ0v) is 17.2. The molecule has 0 unspecified atom stereocenters. The van der Waals surface area contributed by atoms with Crippen molar-refractivity contribution in [1.29, 1.82) is 0 Å². The number of carbonyl (C=O) groups excluding carboxylic acids is 3. The molecule has 8 heteroatoms. The third kappa shape index (κ3) is 5.23. The van der Waals surface area contributed by atoms with Gasteiger partial charge in [-0.2, -0.15) is 0 Å². The van der Waals surface area contributed by atoms with Crippen LogP contribution in [0.1, 0.15) is 42.3 Å². The average Bonchev–Trinajstić information content (AvgIpc) is 3.03. The molecule has 0 saturated heterocycles. The number of thiophene rings is 1. The van der Waals surface area contributed by atoms with Crippen molar-refractivity contribution in [1.82, 2.24) is 10.6 Å². The van der Waals surface area contributed by atoms with Gasteiger partial charge in [0.2, 0.25) is 0 Å². The highest BCUT2D eigenvalue weighted by Crippen LogP contribution is 2.34. The molecule has 1 heterocycles. The summed E-state index contributed by atoms with van der Waals surface area (Å²) in [7, 11) is 0. The molecule has 0 spiro atoms. The molecule has 2 aromatic rings. The van der Waals surface area contributed by atoms with Crippen LogP contribution in [0.15, 0.2) is 24.3 Å². The van der Waals surface area contributed by atoms with Gasteiger partial charge in [0.05, 0.1) is 5.02 Å². The Morgan fingerprint density at radius 3 is 2.61 bits per heavy atom. The molecule has 1 aliphatic carbocycles. The van der Waals surface area contributed by atoms with Crippen LogP contribution in [0, 0.1) is 5.92 Å². The summed E-state index contributed by atoms with van der Waals surface area (Å²) in [4.78, 5) is 36.4. The van der Waals surface area contributed by atoms with E-state index in [0.717, 1.165) is 35.8 Å². The van der Waals surface area contributed by atoms with Gasteiger partial charge in [0.15, 0.2) is 6.61 Å². The van der Waals surface area contributed by atoms with Crippen LogP contribution in [-0.2, 0) is 14.3 Å². The Balaban J connectivity index is 1.41. The van der Waals surface area contributed by atoms with Crippen LogP contribution >= 0.6 is 22.9 Å². The Hall–Kier alpha value is -2.12. The molecule has 0 aliphatic heterocycles. The first kappa shape index (κ1) is 20.6. The maximum absolute atomic E-state index is 12.3. The number of fused-ring (bicyclic) bond motifs is 1. The first-order chi connectivity index (χ1) is 13.4. The van der Waals surface area contributed by atoms with Crippen LogP contribution < -0.4 is 10.6 Å². The monoisotopic (exact) mass is 422 g/mol. The summed E-state index contributed by atoms with van der Waals surface area (Å²) in [6, 6.07) is 7.58. The zero-order chi connectivity index (χ0) is 20.1. The molecule has 28 heavy (non-hydrogen) atoms. The third-order valence-corrected chi connectivity index (χ3v) is 6.55. The van der Waals surface area contributed by atoms with Crippen molar-refractivity contribution in [2.45, 2.75) is 38.6 Å². The smallest absolute Gasteiger partial charge is 0.325 e. The second kappa shape index (κ2) is 9.39. The average molecular weight is 423 g/mol. The lowest BCUT2D eigenvalue weighted by Crippen LogP contribution is -2.40. The number of hydrogen-bond donors (Lipinski definition) is 2. The lowest BCUT2D eigenvalue weighted by Gasteiger charge is -2.26. The fourth-order valence-electron chi connectivity index (χ4n) is 3.26. The maximum atomic E-state index is 12.3. The van der Waals surface area contributed by atoms with Crippen LogP contribution in [0.3, 0.4) is 0 Å². The van der Waals surface area contributed by atoms with Gasteiger partial charge in [0, 0.05) is 16.1 Å². The molecule has 1 fully saturated rings. The Bertz CT molecular complexity index is 874. The quantitative estimate of drug-likeness (QED) is 0.697. The minimum atomic E-state index is -0.669. The van der Waals surface area contributed by atoms with Gasteiger partial charge in [-0.15, -0.1) is 11.3 Å². The number of nitrogens with one attached hydrogen (secondary N) is 2. The van der Waals surface area contributed by atoms with E-state index in [1.165, 1.54) is 11.3 Å². The van der Waals surface area contributed by atoms with Gasteiger partial charge in [0.25, 0.3) is 11.8 Å². The molecule has 0 atom stereocenters. The van der Waals surface area contributed by atoms with E-state index in [0.29, 0.717) is 15.8 Å². The van der Waals surface area contributed by atoms with Crippen molar-refractivity contribution in [2.75, 3.05) is 13.2 Å². The lowest BCUT2D eigenvalue weighted by atomic mass is 9.87. The van der Waals surface area contributed by atoms with Crippen molar-refractivity contribution >= 4 is 50.8 Å². The summed E-state index contributed by atoms with van der Waals surface area (Å²) < 4.78 is 5.84. The number of benzene rings is 1. The van der Waals surface area contributed by atoms with Gasteiger partial charge >= 0.3 is 5.97 Å². The Morgan fingerprint density at radius 2 is 1.89 bits per heavy atom. The number of amides is 2. The summed E-state index contributed by atoms with van der Waals surface area (Å²) in [5.74, 6) is -0.724. The van der Waals surface area contributed by atoms with Crippen molar-refractivity contribution in [3.63, 3.8) is 0 Å². The van der Waals surface area contributed by atoms with E-state index in [4.69, 9.17) is 16.3 Å². The van der Waals surface area contributed by atoms with E-state index in [1.54, 1.807) is 0 Å². The summed E-state index contributed by atoms with van der Waals surface area (Å²) >= 11 is 7.51. The summed E-state index contributed by atoms with van der Waals surface area (Å²) in [5.41, 5.74) is 0.